The molecule has 0 aliphatic heterocycles. The van der Waals surface area contributed by atoms with E-state index in [2.05, 4.69) is 20.9 Å². The predicted molar refractivity (Wildman–Crippen MR) is 49.7 cm³/mol. The Morgan fingerprint density at radius 1 is 1.67 bits per heavy atom. The van der Waals surface area contributed by atoms with E-state index < -0.39 is 0 Å². The highest BCUT2D eigenvalue weighted by molar-refractivity contribution is 9.10. The van der Waals surface area contributed by atoms with Gasteiger partial charge in [-0.05, 0) is 39.8 Å². The third-order valence-corrected chi connectivity index (χ3v) is 2.31. The molecule has 1 rings (SSSR count). The van der Waals surface area contributed by atoms with Crippen molar-refractivity contribution in [2.75, 3.05) is 5.88 Å². The summed E-state index contributed by atoms with van der Waals surface area (Å²) in [6.07, 6.45) is 0. The maximum absolute atomic E-state index is 10.0. The van der Waals surface area contributed by atoms with Gasteiger partial charge in [0.2, 0.25) is 0 Å². The number of aromatic nitrogens is 1. The first kappa shape index (κ1) is 9.47. The molecule has 64 valence electrons. The summed E-state index contributed by atoms with van der Waals surface area (Å²) in [6.45, 7) is 0. The lowest BCUT2D eigenvalue weighted by Gasteiger charge is -1.95. The van der Waals surface area contributed by atoms with Crippen molar-refractivity contribution >= 4 is 27.7 Å². The Balaban J connectivity index is 2.57. The summed E-state index contributed by atoms with van der Waals surface area (Å²) in [5, 5.41) is 10.7. The molecule has 0 saturated carbocycles. The van der Waals surface area contributed by atoms with Crippen LogP contribution in [0.15, 0.2) is 27.8 Å². The second kappa shape index (κ2) is 4.42. The minimum atomic E-state index is -0.382. The lowest BCUT2D eigenvalue weighted by molar-refractivity contribution is -0.456. The molecule has 0 aromatic carbocycles. The molecule has 1 aromatic heterocycles. The first-order valence-corrected chi connectivity index (χ1v) is 4.83. The maximum Gasteiger partial charge on any atom is 0.254 e. The van der Waals surface area contributed by atoms with E-state index in [0.717, 1.165) is 11.8 Å². The van der Waals surface area contributed by atoms with Crippen LogP contribution in [0.25, 0.3) is 0 Å². The van der Waals surface area contributed by atoms with Gasteiger partial charge < -0.3 is 0 Å². The summed E-state index contributed by atoms with van der Waals surface area (Å²) in [6, 6.07) is 5.30. The Morgan fingerprint density at radius 2 is 2.42 bits per heavy atom. The highest BCUT2D eigenvalue weighted by Gasteiger charge is 2.01. The smallest absolute Gasteiger partial charge is 0.254 e. The van der Waals surface area contributed by atoms with Gasteiger partial charge in [0.15, 0.2) is 0 Å². The summed E-state index contributed by atoms with van der Waals surface area (Å²) in [5.41, 5.74) is 0. The van der Waals surface area contributed by atoms with E-state index in [9.17, 15) is 10.1 Å². The van der Waals surface area contributed by atoms with Crippen LogP contribution in [0.3, 0.4) is 0 Å². The van der Waals surface area contributed by atoms with Gasteiger partial charge in [-0.2, -0.15) is 0 Å². The quantitative estimate of drug-likeness (QED) is 0.271. The Bertz CT molecular complexity index is 295. The number of pyridine rings is 1. The van der Waals surface area contributed by atoms with E-state index in [0.29, 0.717) is 9.63 Å². The van der Waals surface area contributed by atoms with Crippen LogP contribution in [-0.4, -0.2) is 15.8 Å². The van der Waals surface area contributed by atoms with E-state index in [1.54, 1.807) is 18.2 Å². The van der Waals surface area contributed by atoms with Crippen molar-refractivity contribution in [1.82, 2.24) is 4.98 Å². The van der Waals surface area contributed by atoms with Crippen molar-refractivity contribution in [3.05, 3.63) is 32.9 Å². The minimum Gasteiger partial charge on any atom is -0.264 e. The molecule has 0 radical (unpaired) electrons. The van der Waals surface area contributed by atoms with Gasteiger partial charge in [-0.1, -0.05) is 6.07 Å². The second-order valence-corrected chi connectivity index (χ2v) is 3.68. The zero-order valence-electron chi connectivity index (χ0n) is 5.94. The molecular formula is C6H5BrN2O2S. The van der Waals surface area contributed by atoms with Crippen molar-refractivity contribution < 1.29 is 4.92 Å². The van der Waals surface area contributed by atoms with Gasteiger partial charge in [-0.15, -0.1) is 0 Å². The minimum absolute atomic E-state index is 0.149. The van der Waals surface area contributed by atoms with Gasteiger partial charge in [-0.25, -0.2) is 4.98 Å². The molecule has 0 aliphatic carbocycles. The van der Waals surface area contributed by atoms with Crippen LogP contribution in [0.4, 0.5) is 0 Å². The van der Waals surface area contributed by atoms with Crippen LogP contribution in [-0.2, 0) is 0 Å². The van der Waals surface area contributed by atoms with Crippen molar-refractivity contribution in [3.63, 3.8) is 0 Å². The molecule has 0 N–H and O–H groups in total. The predicted octanol–water partition coefficient (Wildman–Crippen LogP) is 2.17. The standard InChI is InChI=1S/C6H5BrN2O2S/c7-5-2-1-3-6(8-5)12-4-9(10)11/h1-3H,4H2. The van der Waals surface area contributed by atoms with E-state index in [4.69, 9.17) is 0 Å². The lowest BCUT2D eigenvalue weighted by atomic mass is 10.5. The van der Waals surface area contributed by atoms with Gasteiger partial charge in [0, 0.05) is 4.92 Å². The fourth-order valence-electron chi connectivity index (χ4n) is 0.589. The molecule has 0 aliphatic rings. The number of hydrogen-bond donors (Lipinski definition) is 0. The first-order chi connectivity index (χ1) is 5.68. The zero-order chi connectivity index (χ0) is 8.97. The second-order valence-electron chi connectivity index (χ2n) is 1.90. The van der Waals surface area contributed by atoms with Crippen LogP contribution < -0.4 is 0 Å². The number of hydrogen-bond acceptors (Lipinski definition) is 4. The molecule has 0 fully saturated rings. The molecule has 0 spiro atoms. The van der Waals surface area contributed by atoms with Crippen LogP contribution >= 0.6 is 27.7 Å². The molecule has 4 nitrogen and oxygen atoms in total. The molecular weight excluding hydrogens is 244 g/mol. The SMILES string of the molecule is O=[N+]([O-])CSc1cccc(Br)n1. The Labute approximate surface area is 81.7 Å². The number of nitro groups is 1. The fraction of sp³-hybridized carbons (Fsp3) is 0.167. The Kier molecular flexibility index (Phi) is 3.48. The van der Waals surface area contributed by atoms with Gasteiger partial charge in [0.05, 0.1) is 0 Å². The van der Waals surface area contributed by atoms with Crippen molar-refractivity contribution in [2.24, 2.45) is 0 Å². The topological polar surface area (TPSA) is 56.0 Å². The van der Waals surface area contributed by atoms with Gasteiger partial charge in [0.25, 0.3) is 5.88 Å². The van der Waals surface area contributed by atoms with E-state index in [1.165, 1.54) is 0 Å². The number of nitrogens with zero attached hydrogens (tertiary/aromatic N) is 2. The van der Waals surface area contributed by atoms with Crippen LogP contribution in [0.5, 0.6) is 0 Å². The molecule has 1 heterocycles. The van der Waals surface area contributed by atoms with Crippen molar-refractivity contribution in [1.29, 1.82) is 0 Å². The highest BCUT2D eigenvalue weighted by atomic mass is 79.9. The van der Waals surface area contributed by atoms with E-state index >= 15 is 0 Å². The summed E-state index contributed by atoms with van der Waals surface area (Å²) < 4.78 is 0.691. The summed E-state index contributed by atoms with van der Waals surface area (Å²) >= 11 is 4.28. The average Bonchev–Trinajstić information content (AvgIpc) is 2.01. The van der Waals surface area contributed by atoms with Gasteiger partial charge in [-0.3, -0.25) is 10.1 Å². The third-order valence-electron chi connectivity index (χ3n) is 1.01. The summed E-state index contributed by atoms with van der Waals surface area (Å²) in [7, 11) is 0. The summed E-state index contributed by atoms with van der Waals surface area (Å²) in [4.78, 5) is 13.6. The van der Waals surface area contributed by atoms with E-state index in [-0.39, 0.29) is 10.8 Å². The van der Waals surface area contributed by atoms with Gasteiger partial charge >= 0.3 is 0 Å². The fourth-order valence-corrected chi connectivity index (χ4v) is 1.63. The first-order valence-electron chi connectivity index (χ1n) is 3.05. The molecule has 1 aromatic rings. The van der Waals surface area contributed by atoms with Gasteiger partial charge in [0.1, 0.15) is 9.63 Å². The largest absolute Gasteiger partial charge is 0.264 e. The number of rotatable bonds is 3. The van der Waals surface area contributed by atoms with Crippen molar-refractivity contribution in [2.45, 2.75) is 5.03 Å². The Morgan fingerprint density at radius 3 is 3.00 bits per heavy atom. The van der Waals surface area contributed by atoms with E-state index in [1.807, 2.05) is 0 Å². The van der Waals surface area contributed by atoms with Crippen LogP contribution in [0.1, 0.15) is 0 Å². The third kappa shape index (κ3) is 3.19. The normalized spacial score (nSPS) is 9.75. The molecule has 0 amide bonds. The number of halogens is 1. The monoisotopic (exact) mass is 248 g/mol. The average molecular weight is 249 g/mol. The molecule has 6 heteroatoms. The molecule has 0 saturated heterocycles. The Hall–Kier alpha value is -0.620. The van der Waals surface area contributed by atoms with Crippen LogP contribution in [0.2, 0.25) is 0 Å². The van der Waals surface area contributed by atoms with Crippen LogP contribution in [0, 0.1) is 10.1 Å². The lowest BCUT2D eigenvalue weighted by Crippen LogP contribution is -1.95. The van der Waals surface area contributed by atoms with Crippen molar-refractivity contribution in [3.8, 4) is 0 Å². The molecule has 0 unspecified atom stereocenters. The molecule has 12 heavy (non-hydrogen) atoms. The highest BCUT2D eigenvalue weighted by Crippen LogP contribution is 2.17. The molecule has 0 bridgehead atoms. The maximum atomic E-state index is 10.0. The number of thioether (sulfide) groups is 1. The zero-order valence-corrected chi connectivity index (χ0v) is 8.34. The molecule has 0 atom stereocenters. The summed E-state index contributed by atoms with van der Waals surface area (Å²) in [5.74, 6) is -0.149.